The van der Waals surface area contributed by atoms with Crippen LogP contribution in [-0.2, 0) is 0 Å². The van der Waals surface area contributed by atoms with Gasteiger partial charge in [0.1, 0.15) is 10.6 Å². The summed E-state index contributed by atoms with van der Waals surface area (Å²) in [5, 5.41) is 4.87. The van der Waals surface area contributed by atoms with Crippen molar-refractivity contribution >= 4 is 50.6 Å². The summed E-state index contributed by atoms with van der Waals surface area (Å²) in [5.74, 6) is 6.50. The van der Waals surface area contributed by atoms with Crippen molar-refractivity contribution < 1.29 is 0 Å². The van der Waals surface area contributed by atoms with Gasteiger partial charge in [0.15, 0.2) is 0 Å². The summed E-state index contributed by atoms with van der Waals surface area (Å²) in [4.78, 5) is 10.8. The first kappa shape index (κ1) is 14.1. The summed E-state index contributed by atoms with van der Waals surface area (Å²) >= 11 is 7.83. The molecular formula is C14H14ClN5S. The van der Waals surface area contributed by atoms with Crippen LogP contribution in [0.5, 0.6) is 0 Å². The first-order valence-corrected chi connectivity index (χ1v) is 7.54. The predicted octanol–water partition coefficient (Wildman–Crippen LogP) is 3.99. The fourth-order valence-corrected chi connectivity index (χ4v) is 3.11. The average Bonchev–Trinajstić information content (AvgIpc) is 2.83. The lowest BCUT2D eigenvalue weighted by molar-refractivity contribution is 1.16. The summed E-state index contributed by atoms with van der Waals surface area (Å²) in [6.07, 6.45) is 0. The Morgan fingerprint density at radius 2 is 2.00 bits per heavy atom. The molecule has 0 amide bonds. The molecule has 21 heavy (non-hydrogen) atoms. The van der Waals surface area contributed by atoms with E-state index in [9.17, 15) is 0 Å². The molecule has 0 unspecified atom stereocenters. The predicted molar refractivity (Wildman–Crippen MR) is 89.4 cm³/mol. The Hall–Kier alpha value is -1.89. The van der Waals surface area contributed by atoms with Crippen molar-refractivity contribution in [2.24, 2.45) is 5.84 Å². The van der Waals surface area contributed by atoms with Crippen LogP contribution in [-0.4, -0.2) is 9.97 Å². The fraction of sp³-hybridized carbons (Fsp3) is 0.143. The third kappa shape index (κ3) is 2.78. The van der Waals surface area contributed by atoms with E-state index in [-0.39, 0.29) is 0 Å². The highest BCUT2D eigenvalue weighted by Crippen LogP contribution is 2.33. The van der Waals surface area contributed by atoms with Crippen LogP contribution in [0.25, 0.3) is 10.2 Å². The van der Waals surface area contributed by atoms with E-state index >= 15 is 0 Å². The van der Waals surface area contributed by atoms with Gasteiger partial charge in [-0.3, -0.25) is 5.43 Å². The topological polar surface area (TPSA) is 75.9 Å². The lowest BCUT2D eigenvalue weighted by Gasteiger charge is -2.10. The van der Waals surface area contributed by atoms with Crippen molar-refractivity contribution in [2.75, 3.05) is 10.7 Å². The number of fused-ring (bicyclic) bond motifs is 1. The number of anilines is 3. The molecule has 0 fully saturated rings. The Morgan fingerprint density at radius 3 is 2.76 bits per heavy atom. The van der Waals surface area contributed by atoms with Crippen LogP contribution in [0.3, 0.4) is 0 Å². The number of nitrogens with two attached hydrogens (primary N) is 1. The molecule has 3 rings (SSSR count). The second kappa shape index (κ2) is 5.48. The van der Waals surface area contributed by atoms with Crippen LogP contribution in [0.15, 0.2) is 24.3 Å². The Balaban J connectivity index is 2.12. The van der Waals surface area contributed by atoms with Gasteiger partial charge in [-0.1, -0.05) is 17.7 Å². The van der Waals surface area contributed by atoms with E-state index in [2.05, 4.69) is 20.7 Å². The zero-order chi connectivity index (χ0) is 15.0. The zero-order valence-corrected chi connectivity index (χ0v) is 13.1. The second-order valence-corrected chi connectivity index (χ2v) is 6.37. The van der Waals surface area contributed by atoms with E-state index in [1.165, 1.54) is 0 Å². The van der Waals surface area contributed by atoms with Crippen molar-refractivity contribution in [1.29, 1.82) is 0 Å². The van der Waals surface area contributed by atoms with Gasteiger partial charge in [-0.05, 0) is 37.6 Å². The number of nitrogen functional groups attached to an aromatic ring is 1. The van der Waals surface area contributed by atoms with Gasteiger partial charge in [-0.2, -0.15) is 4.98 Å². The van der Waals surface area contributed by atoms with E-state index < -0.39 is 0 Å². The molecule has 0 saturated heterocycles. The highest BCUT2D eigenvalue weighted by Gasteiger charge is 2.11. The van der Waals surface area contributed by atoms with Gasteiger partial charge in [0, 0.05) is 4.88 Å². The van der Waals surface area contributed by atoms with E-state index in [0.717, 1.165) is 26.3 Å². The monoisotopic (exact) mass is 319 g/mol. The molecule has 1 aromatic carbocycles. The van der Waals surface area contributed by atoms with Gasteiger partial charge in [0.2, 0.25) is 5.95 Å². The quantitative estimate of drug-likeness (QED) is 0.502. The van der Waals surface area contributed by atoms with Crippen LogP contribution in [0, 0.1) is 13.8 Å². The molecule has 2 aromatic heterocycles. The number of nitrogens with zero attached hydrogens (tertiary/aromatic N) is 2. The molecule has 0 aliphatic heterocycles. The van der Waals surface area contributed by atoms with Crippen molar-refractivity contribution in [2.45, 2.75) is 13.8 Å². The van der Waals surface area contributed by atoms with Gasteiger partial charge in [0.05, 0.1) is 16.1 Å². The summed E-state index contributed by atoms with van der Waals surface area (Å²) < 4.78 is 0. The minimum atomic E-state index is 0.371. The number of hydrazine groups is 1. The molecule has 108 valence electrons. The number of hydrogen-bond acceptors (Lipinski definition) is 6. The number of halogens is 1. The summed E-state index contributed by atoms with van der Waals surface area (Å²) in [6, 6.07) is 7.85. The largest absolute Gasteiger partial charge is 0.338 e. The number of aromatic nitrogens is 2. The molecule has 3 aromatic rings. The van der Waals surface area contributed by atoms with Crippen LogP contribution < -0.4 is 16.6 Å². The normalized spacial score (nSPS) is 10.9. The van der Waals surface area contributed by atoms with Crippen LogP contribution in [0.2, 0.25) is 5.02 Å². The number of thiophene rings is 1. The Kier molecular flexibility index (Phi) is 3.67. The molecule has 4 N–H and O–H groups in total. The summed E-state index contributed by atoms with van der Waals surface area (Å²) in [6.45, 7) is 4.05. The second-order valence-electron chi connectivity index (χ2n) is 4.72. The highest BCUT2D eigenvalue weighted by molar-refractivity contribution is 7.18. The maximum Gasteiger partial charge on any atom is 0.240 e. The third-order valence-electron chi connectivity index (χ3n) is 3.02. The first-order chi connectivity index (χ1) is 10.1. The number of hydrogen-bond donors (Lipinski definition) is 3. The molecule has 7 heteroatoms. The van der Waals surface area contributed by atoms with E-state index in [1.807, 2.05) is 38.1 Å². The minimum Gasteiger partial charge on any atom is -0.338 e. The molecule has 0 saturated carbocycles. The SMILES string of the molecule is Cc1ccc(Cl)c(Nc2nc(NN)nc3sc(C)cc23)c1. The molecule has 0 spiro atoms. The van der Waals surface area contributed by atoms with E-state index in [1.54, 1.807) is 11.3 Å². The van der Waals surface area contributed by atoms with Crippen molar-refractivity contribution in [1.82, 2.24) is 9.97 Å². The van der Waals surface area contributed by atoms with Crippen molar-refractivity contribution in [3.8, 4) is 0 Å². The number of rotatable bonds is 3. The lowest BCUT2D eigenvalue weighted by Crippen LogP contribution is -2.11. The Bertz CT molecular complexity index is 814. The maximum atomic E-state index is 6.23. The van der Waals surface area contributed by atoms with E-state index in [0.29, 0.717) is 16.8 Å². The Morgan fingerprint density at radius 1 is 1.19 bits per heavy atom. The first-order valence-electron chi connectivity index (χ1n) is 6.35. The van der Waals surface area contributed by atoms with Crippen molar-refractivity contribution in [3.63, 3.8) is 0 Å². The summed E-state index contributed by atoms with van der Waals surface area (Å²) in [7, 11) is 0. The van der Waals surface area contributed by atoms with E-state index in [4.69, 9.17) is 17.4 Å². The fourth-order valence-electron chi connectivity index (χ4n) is 2.06. The van der Waals surface area contributed by atoms with Gasteiger partial charge in [-0.15, -0.1) is 11.3 Å². The zero-order valence-electron chi connectivity index (χ0n) is 11.6. The smallest absolute Gasteiger partial charge is 0.240 e. The number of benzene rings is 1. The van der Waals surface area contributed by atoms with Crippen LogP contribution in [0.1, 0.15) is 10.4 Å². The summed E-state index contributed by atoms with van der Waals surface area (Å²) in [5.41, 5.74) is 4.42. The molecule has 5 nitrogen and oxygen atoms in total. The Labute approximate surface area is 131 Å². The average molecular weight is 320 g/mol. The molecule has 2 heterocycles. The van der Waals surface area contributed by atoms with Crippen LogP contribution >= 0.6 is 22.9 Å². The van der Waals surface area contributed by atoms with Gasteiger partial charge >= 0.3 is 0 Å². The van der Waals surface area contributed by atoms with Crippen molar-refractivity contribution in [3.05, 3.63) is 39.7 Å². The third-order valence-corrected chi connectivity index (χ3v) is 4.29. The lowest BCUT2D eigenvalue weighted by atomic mass is 10.2. The number of nitrogens with one attached hydrogen (secondary N) is 2. The van der Waals surface area contributed by atoms with Gasteiger partial charge in [0.25, 0.3) is 0 Å². The van der Waals surface area contributed by atoms with Gasteiger partial charge in [-0.25, -0.2) is 10.8 Å². The molecular weight excluding hydrogens is 306 g/mol. The van der Waals surface area contributed by atoms with Gasteiger partial charge < -0.3 is 5.32 Å². The molecule has 0 aliphatic rings. The molecule has 0 aliphatic carbocycles. The number of aryl methyl sites for hydroxylation is 2. The van der Waals surface area contributed by atoms with Crippen LogP contribution in [0.4, 0.5) is 17.5 Å². The molecule has 0 atom stereocenters. The minimum absolute atomic E-state index is 0.371. The maximum absolute atomic E-state index is 6.23. The molecule has 0 bridgehead atoms. The molecule has 0 radical (unpaired) electrons. The highest BCUT2D eigenvalue weighted by atomic mass is 35.5. The standard InChI is InChI=1S/C14H14ClN5S/c1-7-3-4-10(15)11(5-7)17-12-9-6-8(2)21-13(9)19-14(18-12)20-16/h3-6H,16H2,1-2H3,(H2,17,18,19,20).